The van der Waals surface area contributed by atoms with E-state index >= 15 is 0 Å². The minimum atomic E-state index is 0.269. The summed E-state index contributed by atoms with van der Waals surface area (Å²) in [6, 6.07) is 0. The Morgan fingerprint density at radius 3 is 2.81 bits per heavy atom. The van der Waals surface area contributed by atoms with Crippen molar-refractivity contribution in [2.75, 3.05) is 26.8 Å². The highest BCUT2D eigenvalue weighted by Crippen LogP contribution is 2.43. The molecule has 1 aliphatic heterocycles. The molecule has 1 atom stereocenters. The summed E-state index contributed by atoms with van der Waals surface area (Å²) in [4.78, 5) is 0. The van der Waals surface area contributed by atoms with Gasteiger partial charge in [0.25, 0.3) is 0 Å². The van der Waals surface area contributed by atoms with Crippen LogP contribution in [0.25, 0.3) is 0 Å². The minimum Gasteiger partial charge on any atom is -0.383 e. The standard InChI is InChI=1S/C18H33NO2/c1-16(7-6-12-19-13-14-20-2)15-17-8-11-18(21-17)9-4-3-5-10-18/h7,17,19H,3-6,8-15H2,1-2H3/b16-7-. The van der Waals surface area contributed by atoms with Crippen LogP contribution in [0.3, 0.4) is 0 Å². The third kappa shape index (κ3) is 5.72. The van der Waals surface area contributed by atoms with Crippen LogP contribution in [0.4, 0.5) is 0 Å². The lowest BCUT2D eigenvalue weighted by Gasteiger charge is -2.33. The number of methoxy groups -OCH3 is 1. The van der Waals surface area contributed by atoms with Crippen LogP contribution in [0.1, 0.15) is 64.7 Å². The average Bonchev–Trinajstić information content (AvgIpc) is 2.86. The van der Waals surface area contributed by atoms with Gasteiger partial charge < -0.3 is 14.8 Å². The maximum Gasteiger partial charge on any atom is 0.0687 e. The molecule has 0 bridgehead atoms. The molecular formula is C18H33NO2. The number of ether oxygens (including phenoxy) is 2. The lowest BCUT2D eigenvalue weighted by atomic mass is 9.83. The Kier molecular flexibility index (Phi) is 7.21. The highest BCUT2D eigenvalue weighted by atomic mass is 16.5. The zero-order chi connectivity index (χ0) is 15.0. The van der Waals surface area contributed by atoms with E-state index in [-0.39, 0.29) is 5.60 Å². The van der Waals surface area contributed by atoms with Crippen LogP contribution in [-0.4, -0.2) is 38.5 Å². The molecule has 3 heteroatoms. The first-order chi connectivity index (χ1) is 10.2. The summed E-state index contributed by atoms with van der Waals surface area (Å²) in [7, 11) is 1.74. The van der Waals surface area contributed by atoms with E-state index in [2.05, 4.69) is 18.3 Å². The Balaban J connectivity index is 1.63. The predicted molar refractivity (Wildman–Crippen MR) is 87.7 cm³/mol. The number of hydrogen-bond donors (Lipinski definition) is 1. The lowest BCUT2D eigenvalue weighted by molar-refractivity contribution is -0.0628. The maximum absolute atomic E-state index is 6.45. The molecule has 1 spiro atoms. The maximum atomic E-state index is 6.45. The second-order valence-electron chi connectivity index (χ2n) is 6.81. The molecule has 2 aliphatic rings. The normalized spacial score (nSPS) is 25.6. The van der Waals surface area contributed by atoms with Crippen molar-refractivity contribution in [1.82, 2.24) is 5.32 Å². The molecule has 0 radical (unpaired) electrons. The largest absolute Gasteiger partial charge is 0.383 e. The molecule has 0 aromatic rings. The molecule has 1 unspecified atom stereocenters. The van der Waals surface area contributed by atoms with Gasteiger partial charge in [0.1, 0.15) is 0 Å². The molecule has 1 aliphatic carbocycles. The van der Waals surface area contributed by atoms with Gasteiger partial charge in [-0.1, -0.05) is 30.9 Å². The smallest absolute Gasteiger partial charge is 0.0687 e. The summed E-state index contributed by atoms with van der Waals surface area (Å²) in [5, 5.41) is 3.38. The highest BCUT2D eigenvalue weighted by molar-refractivity contribution is 5.02. The molecule has 0 aromatic carbocycles. The van der Waals surface area contributed by atoms with Gasteiger partial charge >= 0.3 is 0 Å². The predicted octanol–water partition coefficient (Wildman–Crippen LogP) is 3.83. The van der Waals surface area contributed by atoms with Gasteiger partial charge in [-0.25, -0.2) is 0 Å². The van der Waals surface area contributed by atoms with Crippen molar-refractivity contribution < 1.29 is 9.47 Å². The Morgan fingerprint density at radius 1 is 1.24 bits per heavy atom. The summed E-state index contributed by atoms with van der Waals surface area (Å²) in [6.07, 6.45) is 14.4. The summed E-state index contributed by atoms with van der Waals surface area (Å²) in [5.74, 6) is 0. The first kappa shape index (κ1) is 17.0. The molecule has 2 rings (SSSR count). The summed E-state index contributed by atoms with van der Waals surface area (Å²) >= 11 is 0. The zero-order valence-electron chi connectivity index (χ0n) is 14.0. The SMILES string of the molecule is COCCNCC/C=C(/C)CC1CCC2(CCCCC2)O1. The zero-order valence-corrected chi connectivity index (χ0v) is 14.0. The van der Waals surface area contributed by atoms with Crippen LogP contribution in [0.15, 0.2) is 11.6 Å². The number of nitrogens with one attached hydrogen (secondary N) is 1. The van der Waals surface area contributed by atoms with Crippen LogP contribution < -0.4 is 5.32 Å². The molecule has 0 aromatic heterocycles. The van der Waals surface area contributed by atoms with E-state index in [0.717, 1.165) is 32.5 Å². The molecule has 2 fully saturated rings. The van der Waals surface area contributed by atoms with E-state index in [0.29, 0.717) is 6.10 Å². The van der Waals surface area contributed by atoms with Gasteiger partial charge in [0.15, 0.2) is 0 Å². The Labute approximate surface area is 130 Å². The Hall–Kier alpha value is -0.380. The van der Waals surface area contributed by atoms with Crippen molar-refractivity contribution in [2.45, 2.75) is 76.4 Å². The van der Waals surface area contributed by atoms with E-state index in [4.69, 9.17) is 9.47 Å². The van der Waals surface area contributed by atoms with Gasteiger partial charge in [-0.15, -0.1) is 0 Å². The Morgan fingerprint density at radius 2 is 2.05 bits per heavy atom. The molecule has 21 heavy (non-hydrogen) atoms. The third-order valence-corrected chi connectivity index (χ3v) is 4.95. The topological polar surface area (TPSA) is 30.5 Å². The summed E-state index contributed by atoms with van der Waals surface area (Å²) < 4.78 is 11.5. The van der Waals surface area contributed by atoms with Crippen molar-refractivity contribution in [2.24, 2.45) is 0 Å². The monoisotopic (exact) mass is 295 g/mol. The van der Waals surface area contributed by atoms with Crippen LogP contribution in [0.2, 0.25) is 0 Å². The van der Waals surface area contributed by atoms with Crippen molar-refractivity contribution in [3.63, 3.8) is 0 Å². The molecular weight excluding hydrogens is 262 g/mol. The van der Waals surface area contributed by atoms with Gasteiger partial charge in [-0.2, -0.15) is 0 Å². The molecule has 122 valence electrons. The fourth-order valence-corrected chi connectivity index (χ4v) is 3.77. The molecule has 1 N–H and O–H groups in total. The van der Waals surface area contributed by atoms with Crippen LogP contribution >= 0.6 is 0 Å². The minimum absolute atomic E-state index is 0.269. The number of hydrogen-bond acceptors (Lipinski definition) is 3. The van der Waals surface area contributed by atoms with Gasteiger partial charge in [0, 0.05) is 13.7 Å². The third-order valence-electron chi connectivity index (χ3n) is 4.95. The molecule has 1 saturated carbocycles. The van der Waals surface area contributed by atoms with Crippen LogP contribution in [0.5, 0.6) is 0 Å². The van der Waals surface area contributed by atoms with Crippen molar-refractivity contribution in [3.8, 4) is 0 Å². The highest BCUT2D eigenvalue weighted by Gasteiger charge is 2.40. The molecule has 1 heterocycles. The quantitative estimate of drug-likeness (QED) is 0.545. The van der Waals surface area contributed by atoms with Crippen molar-refractivity contribution in [3.05, 3.63) is 11.6 Å². The van der Waals surface area contributed by atoms with E-state index in [9.17, 15) is 0 Å². The fraction of sp³-hybridized carbons (Fsp3) is 0.889. The van der Waals surface area contributed by atoms with E-state index in [1.165, 1.54) is 50.5 Å². The molecule has 1 saturated heterocycles. The average molecular weight is 295 g/mol. The van der Waals surface area contributed by atoms with Crippen LogP contribution in [-0.2, 0) is 9.47 Å². The van der Waals surface area contributed by atoms with Gasteiger partial charge in [0.05, 0.1) is 18.3 Å². The first-order valence-electron chi connectivity index (χ1n) is 8.77. The van der Waals surface area contributed by atoms with Crippen LogP contribution in [0, 0.1) is 0 Å². The van der Waals surface area contributed by atoms with E-state index in [1.807, 2.05) is 0 Å². The Bertz CT molecular complexity index is 321. The van der Waals surface area contributed by atoms with Crippen molar-refractivity contribution in [1.29, 1.82) is 0 Å². The molecule has 3 nitrogen and oxygen atoms in total. The number of rotatable bonds is 8. The van der Waals surface area contributed by atoms with E-state index in [1.54, 1.807) is 7.11 Å². The molecule has 0 amide bonds. The second kappa shape index (κ2) is 8.92. The first-order valence-corrected chi connectivity index (χ1v) is 8.77. The lowest BCUT2D eigenvalue weighted by Crippen LogP contribution is -2.31. The summed E-state index contributed by atoms with van der Waals surface area (Å²) in [6.45, 7) is 5.03. The fourth-order valence-electron chi connectivity index (χ4n) is 3.77. The van der Waals surface area contributed by atoms with Crippen molar-refractivity contribution >= 4 is 0 Å². The van der Waals surface area contributed by atoms with Gasteiger partial charge in [-0.05, 0) is 52.0 Å². The second-order valence-corrected chi connectivity index (χ2v) is 6.81. The summed E-state index contributed by atoms with van der Waals surface area (Å²) in [5.41, 5.74) is 1.76. The van der Waals surface area contributed by atoms with E-state index < -0.39 is 0 Å². The van der Waals surface area contributed by atoms with Gasteiger partial charge in [0.2, 0.25) is 0 Å². The van der Waals surface area contributed by atoms with Gasteiger partial charge in [-0.3, -0.25) is 0 Å².